The number of halogens is 1. The Hall–Kier alpha value is -1.45. The molecule has 2 aromatic carbocycles. The number of ether oxygens (including phenoxy) is 1. The normalized spacial score (nSPS) is 15.1. The summed E-state index contributed by atoms with van der Waals surface area (Å²) in [5.41, 5.74) is 1.23. The largest absolute Gasteiger partial charge is 0.495 e. The first-order chi connectivity index (χ1) is 8.90. The number of nitrogens with one attached hydrogen (secondary N) is 1. The second kappa shape index (κ2) is 6.13. The van der Waals surface area contributed by atoms with E-state index in [0.717, 1.165) is 31.9 Å². The van der Waals surface area contributed by atoms with Crippen LogP contribution in [0, 0.1) is 0 Å². The van der Waals surface area contributed by atoms with Crippen LogP contribution in [0.2, 0.25) is 0 Å². The van der Waals surface area contributed by atoms with Gasteiger partial charge in [-0.15, -0.1) is 12.4 Å². The molecule has 1 N–H and O–H groups in total. The SMILES string of the molecule is COc1ccc2ccccc2c1N1CCNCC1.Cl. The van der Waals surface area contributed by atoms with Gasteiger partial charge in [0.05, 0.1) is 12.8 Å². The maximum Gasteiger partial charge on any atom is 0.142 e. The van der Waals surface area contributed by atoms with E-state index < -0.39 is 0 Å². The molecule has 0 amide bonds. The molecule has 102 valence electrons. The molecule has 1 aliphatic heterocycles. The number of hydrogen-bond donors (Lipinski definition) is 1. The van der Waals surface area contributed by atoms with Crippen LogP contribution in [0.25, 0.3) is 10.8 Å². The van der Waals surface area contributed by atoms with Crippen LogP contribution in [-0.4, -0.2) is 33.3 Å². The topological polar surface area (TPSA) is 24.5 Å². The second-order valence-electron chi connectivity index (χ2n) is 4.57. The van der Waals surface area contributed by atoms with Gasteiger partial charge in [0, 0.05) is 31.6 Å². The van der Waals surface area contributed by atoms with Gasteiger partial charge >= 0.3 is 0 Å². The van der Waals surface area contributed by atoms with Crippen LogP contribution >= 0.6 is 12.4 Å². The first-order valence-electron chi connectivity index (χ1n) is 6.41. The van der Waals surface area contributed by atoms with Crippen molar-refractivity contribution < 1.29 is 4.74 Å². The van der Waals surface area contributed by atoms with Gasteiger partial charge in [-0.3, -0.25) is 0 Å². The molecule has 0 radical (unpaired) electrons. The van der Waals surface area contributed by atoms with Crippen LogP contribution in [0.5, 0.6) is 5.75 Å². The summed E-state index contributed by atoms with van der Waals surface area (Å²) in [4.78, 5) is 2.41. The molecular formula is C15H19ClN2O. The van der Waals surface area contributed by atoms with Crippen LogP contribution in [-0.2, 0) is 0 Å². The Balaban J connectivity index is 0.00000133. The molecule has 1 heterocycles. The van der Waals surface area contributed by atoms with E-state index in [9.17, 15) is 0 Å². The molecule has 2 aromatic rings. The van der Waals surface area contributed by atoms with Crippen molar-refractivity contribution in [2.24, 2.45) is 0 Å². The Morgan fingerprint density at radius 3 is 2.53 bits per heavy atom. The molecule has 0 bridgehead atoms. The Morgan fingerprint density at radius 1 is 1.05 bits per heavy atom. The minimum atomic E-state index is 0. The van der Waals surface area contributed by atoms with E-state index in [1.807, 2.05) is 0 Å². The van der Waals surface area contributed by atoms with E-state index in [-0.39, 0.29) is 12.4 Å². The molecule has 0 atom stereocenters. The van der Waals surface area contributed by atoms with Gasteiger partial charge in [-0.25, -0.2) is 0 Å². The van der Waals surface area contributed by atoms with Crippen molar-refractivity contribution in [2.45, 2.75) is 0 Å². The van der Waals surface area contributed by atoms with Crippen molar-refractivity contribution in [3.05, 3.63) is 36.4 Å². The van der Waals surface area contributed by atoms with Gasteiger partial charge in [0.25, 0.3) is 0 Å². The third-order valence-corrected chi connectivity index (χ3v) is 3.52. The molecule has 3 nitrogen and oxygen atoms in total. The Morgan fingerprint density at radius 2 is 1.79 bits per heavy atom. The molecule has 19 heavy (non-hydrogen) atoms. The average Bonchev–Trinajstić information content (AvgIpc) is 2.47. The van der Waals surface area contributed by atoms with Crippen LogP contribution in [0.3, 0.4) is 0 Å². The minimum Gasteiger partial charge on any atom is -0.495 e. The summed E-state index contributed by atoms with van der Waals surface area (Å²) in [5, 5.41) is 5.93. The van der Waals surface area contributed by atoms with Gasteiger partial charge in [0.2, 0.25) is 0 Å². The quantitative estimate of drug-likeness (QED) is 0.914. The molecule has 3 rings (SSSR count). The van der Waals surface area contributed by atoms with E-state index >= 15 is 0 Å². The van der Waals surface area contributed by atoms with Crippen LogP contribution in [0.4, 0.5) is 5.69 Å². The fourth-order valence-electron chi connectivity index (χ4n) is 2.61. The molecule has 4 heteroatoms. The van der Waals surface area contributed by atoms with E-state index in [2.05, 4.69) is 46.6 Å². The smallest absolute Gasteiger partial charge is 0.142 e. The fraction of sp³-hybridized carbons (Fsp3) is 0.333. The van der Waals surface area contributed by atoms with Gasteiger partial charge in [-0.2, -0.15) is 0 Å². The summed E-state index contributed by atoms with van der Waals surface area (Å²) in [6.07, 6.45) is 0. The lowest BCUT2D eigenvalue weighted by Gasteiger charge is -2.31. The summed E-state index contributed by atoms with van der Waals surface area (Å²) in [6.45, 7) is 4.13. The fourth-order valence-corrected chi connectivity index (χ4v) is 2.61. The molecule has 1 fully saturated rings. The summed E-state index contributed by atoms with van der Waals surface area (Å²) in [5.74, 6) is 0.968. The number of anilines is 1. The molecule has 0 unspecified atom stereocenters. The minimum absolute atomic E-state index is 0. The number of hydrogen-bond acceptors (Lipinski definition) is 3. The third kappa shape index (κ3) is 2.62. The number of methoxy groups -OCH3 is 1. The highest BCUT2D eigenvalue weighted by molar-refractivity contribution is 5.97. The summed E-state index contributed by atoms with van der Waals surface area (Å²) in [6, 6.07) is 12.7. The first-order valence-corrected chi connectivity index (χ1v) is 6.41. The Labute approximate surface area is 120 Å². The maximum atomic E-state index is 5.54. The number of fused-ring (bicyclic) bond motifs is 1. The zero-order valence-corrected chi connectivity index (χ0v) is 11.9. The van der Waals surface area contributed by atoms with Gasteiger partial charge in [0.1, 0.15) is 5.75 Å². The van der Waals surface area contributed by atoms with Crippen molar-refractivity contribution >= 4 is 28.9 Å². The zero-order chi connectivity index (χ0) is 12.4. The van der Waals surface area contributed by atoms with Crippen molar-refractivity contribution in [1.29, 1.82) is 0 Å². The Bertz CT molecular complexity index is 553. The molecule has 0 spiro atoms. The summed E-state index contributed by atoms with van der Waals surface area (Å²) in [7, 11) is 1.75. The van der Waals surface area contributed by atoms with Gasteiger partial charge < -0.3 is 15.0 Å². The van der Waals surface area contributed by atoms with E-state index in [1.165, 1.54) is 16.5 Å². The van der Waals surface area contributed by atoms with Gasteiger partial charge in [-0.1, -0.05) is 30.3 Å². The highest BCUT2D eigenvalue weighted by atomic mass is 35.5. The molecule has 0 saturated carbocycles. The number of benzene rings is 2. The van der Waals surface area contributed by atoms with Crippen LogP contribution < -0.4 is 15.0 Å². The number of piperazine rings is 1. The first kappa shape index (κ1) is 14.0. The van der Waals surface area contributed by atoms with Crippen molar-refractivity contribution in [2.75, 3.05) is 38.2 Å². The predicted molar refractivity (Wildman–Crippen MR) is 82.8 cm³/mol. The van der Waals surface area contributed by atoms with Crippen molar-refractivity contribution in [3.63, 3.8) is 0 Å². The van der Waals surface area contributed by atoms with E-state index in [0.29, 0.717) is 0 Å². The predicted octanol–water partition coefficient (Wildman–Crippen LogP) is 2.68. The molecule has 0 aliphatic carbocycles. The number of nitrogens with zero attached hydrogens (tertiary/aromatic N) is 1. The third-order valence-electron chi connectivity index (χ3n) is 3.52. The molecule has 1 saturated heterocycles. The van der Waals surface area contributed by atoms with E-state index in [1.54, 1.807) is 7.11 Å². The zero-order valence-electron chi connectivity index (χ0n) is 11.1. The van der Waals surface area contributed by atoms with E-state index in [4.69, 9.17) is 4.74 Å². The van der Waals surface area contributed by atoms with Crippen molar-refractivity contribution in [3.8, 4) is 5.75 Å². The lowest BCUT2D eigenvalue weighted by atomic mass is 10.1. The average molecular weight is 279 g/mol. The van der Waals surface area contributed by atoms with Gasteiger partial charge in [-0.05, 0) is 11.5 Å². The molecule has 1 aliphatic rings. The lowest BCUT2D eigenvalue weighted by Crippen LogP contribution is -2.43. The monoisotopic (exact) mass is 278 g/mol. The number of rotatable bonds is 2. The lowest BCUT2D eigenvalue weighted by molar-refractivity contribution is 0.413. The molecule has 0 aromatic heterocycles. The Kier molecular flexibility index (Phi) is 4.51. The second-order valence-corrected chi connectivity index (χ2v) is 4.57. The van der Waals surface area contributed by atoms with Gasteiger partial charge in [0.15, 0.2) is 0 Å². The standard InChI is InChI=1S/C15H18N2O.ClH/c1-18-14-7-6-12-4-2-3-5-13(12)15(14)17-10-8-16-9-11-17;/h2-7,16H,8-11H2,1H3;1H. The highest BCUT2D eigenvalue weighted by Gasteiger charge is 2.17. The highest BCUT2D eigenvalue weighted by Crippen LogP contribution is 2.36. The van der Waals surface area contributed by atoms with Crippen LogP contribution in [0.1, 0.15) is 0 Å². The molecular weight excluding hydrogens is 260 g/mol. The summed E-state index contributed by atoms with van der Waals surface area (Å²) < 4.78 is 5.54. The van der Waals surface area contributed by atoms with Crippen LogP contribution in [0.15, 0.2) is 36.4 Å². The van der Waals surface area contributed by atoms with Crippen molar-refractivity contribution in [1.82, 2.24) is 5.32 Å². The maximum absolute atomic E-state index is 5.54. The summed E-state index contributed by atoms with van der Waals surface area (Å²) >= 11 is 0.